The molecule has 84 valence electrons. The summed E-state index contributed by atoms with van der Waals surface area (Å²) in [6, 6.07) is 6.87. The molecule has 1 aromatic heterocycles. The van der Waals surface area contributed by atoms with E-state index in [-0.39, 0.29) is 5.75 Å². The molecule has 0 fully saturated rings. The van der Waals surface area contributed by atoms with Crippen molar-refractivity contribution < 1.29 is 9.52 Å². The molecule has 0 saturated carbocycles. The van der Waals surface area contributed by atoms with E-state index in [0.717, 1.165) is 24.1 Å². The van der Waals surface area contributed by atoms with Crippen LogP contribution in [-0.2, 0) is 6.42 Å². The van der Waals surface area contributed by atoms with E-state index in [0.29, 0.717) is 12.4 Å². The van der Waals surface area contributed by atoms with E-state index in [4.69, 9.17) is 15.3 Å². The summed E-state index contributed by atoms with van der Waals surface area (Å²) in [5, 5.41) is 9.17. The van der Waals surface area contributed by atoms with Gasteiger partial charge in [0.15, 0.2) is 5.89 Å². The summed E-state index contributed by atoms with van der Waals surface area (Å²) >= 11 is 0. The molecule has 0 aliphatic rings. The monoisotopic (exact) mass is 218 g/mol. The van der Waals surface area contributed by atoms with Gasteiger partial charge in [0, 0.05) is 12.0 Å². The van der Waals surface area contributed by atoms with E-state index in [1.165, 1.54) is 0 Å². The zero-order valence-electron chi connectivity index (χ0n) is 8.89. The van der Waals surface area contributed by atoms with Gasteiger partial charge in [0.2, 0.25) is 0 Å². The molecule has 0 unspecified atom stereocenters. The zero-order chi connectivity index (χ0) is 11.4. The molecule has 16 heavy (non-hydrogen) atoms. The van der Waals surface area contributed by atoms with Gasteiger partial charge in [0.25, 0.3) is 0 Å². The molecular weight excluding hydrogens is 204 g/mol. The second-order valence-corrected chi connectivity index (χ2v) is 3.57. The van der Waals surface area contributed by atoms with Gasteiger partial charge in [-0.1, -0.05) is 0 Å². The Morgan fingerprint density at radius 1 is 1.25 bits per heavy atom. The molecular formula is C12H14N2O2. The molecule has 2 rings (SSSR count). The van der Waals surface area contributed by atoms with Gasteiger partial charge in [0.05, 0.1) is 0 Å². The number of oxazole rings is 1. The summed E-state index contributed by atoms with van der Waals surface area (Å²) in [5.41, 5.74) is 7.13. The standard InChI is InChI=1S/C12H14N2O2/c13-7-1-2-12-14-11(8-16-12)9-3-5-10(15)6-4-9/h3-6,8,15H,1-2,7,13H2. The van der Waals surface area contributed by atoms with Crippen molar-refractivity contribution in [1.82, 2.24) is 4.98 Å². The largest absolute Gasteiger partial charge is 0.508 e. The van der Waals surface area contributed by atoms with E-state index in [1.807, 2.05) is 0 Å². The Morgan fingerprint density at radius 2 is 2.00 bits per heavy atom. The molecule has 2 aromatic rings. The SMILES string of the molecule is NCCCc1nc(-c2ccc(O)cc2)co1. The molecule has 0 bridgehead atoms. The predicted molar refractivity (Wildman–Crippen MR) is 61.0 cm³/mol. The van der Waals surface area contributed by atoms with Crippen LogP contribution in [0.25, 0.3) is 11.3 Å². The van der Waals surface area contributed by atoms with Gasteiger partial charge in [-0.15, -0.1) is 0 Å². The molecule has 4 nitrogen and oxygen atoms in total. The highest BCUT2D eigenvalue weighted by Crippen LogP contribution is 2.21. The van der Waals surface area contributed by atoms with Gasteiger partial charge >= 0.3 is 0 Å². The molecule has 0 atom stereocenters. The van der Waals surface area contributed by atoms with Crippen LogP contribution in [0.4, 0.5) is 0 Å². The van der Waals surface area contributed by atoms with Gasteiger partial charge in [-0.2, -0.15) is 0 Å². The van der Waals surface area contributed by atoms with Gasteiger partial charge in [-0.25, -0.2) is 4.98 Å². The number of hydrogen-bond acceptors (Lipinski definition) is 4. The Morgan fingerprint density at radius 3 is 2.69 bits per heavy atom. The van der Waals surface area contributed by atoms with Crippen LogP contribution >= 0.6 is 0 Å². The van der Waals surface area contributed by atoms with Crippen molar-refractivity contribution in [2.45, 2.75) is 12.8 Å². The van der Waals surface area contributed by atoms with Crippen molar-refractivity contribution in [3.63, 3.8) is 0 Å². The first kappa shape index (κ1) is 10.7. The zero-order valence-corrected chi connectivity index (χ0v) is 8.89. The van der Waals surface area contributed by atoms with Crippen LogP contribution in [-0.4, -0.2) is 16.6 Å². The van der Waals surface area contributed by atoms with E-state index < -0.39 is 0 Å². The van der Waals surface area contributed by atoms with Crippen LogP contribution in [0.3, 0.4) is 0 Å². The lowest BCUT2D eigenvalue weighted by atomic mass is 10.2. The first-order chi connectivity index (χ1) is 7.79. The van der Waals surface area contributed by atoms with Crippen LogP contribution in [0, 0.1) is 0 Å². The molecule has 0 radical (unpaired) electrons. The average Bonchev–Trinajstić information content (AvgIpc) is 2.76. The van der Waals surface area contributed by atoms with E-state index in [1.54, 1.807) is 30.5 Å². The summed E-state index contributed by atoms with van der Waals surface area (Å²) < 4.78 is 5.32. The molecule has 0 saturated heterocycles. The lowest BCUT2D eigenvalue weighted by Crippen LogP contribution is -2.00. The number of hydrogen-bond donors (Lipinski definition) is 2. The number of phenols is 1. The highest BCUT2D eigenvalue weighted by molar-refractivity contribution is 5.58. The molecule has 0 spiro atoms. The van der Waals surface area contributed by atoms with E-state index in [9.17, 15) is 0 Å². The average molecular weight is 218 g/mol. The third-order valence-corrected chi connectivity index (χ3v) is 2.31. The van der Waals surface area contributed by atoms with E-state index in [2.05, 4.69) is 4.98 Å². The van der Waals surface area contributed by atoms with Crippen molar-refractivity contribution in [3.05, 3.63) is 36.4 Å². The minimum atomic E-state index is 0.246. The van der Waals surface area contributed by atoms with Crippen LogP contribution in [0.15, 0.2) is 34.9 Å². The number of rotatable bonds is 4. The summed E-state index contributed by atoms with van der Waals surface area (Å²) in [6.07, 6.45) is 3.25. The smallest absolute Gasteiger partial charge is 0.194 e. The second kappa shape index (κ2) is 4.81. The molecule has 0 amide bonds. The van der Waals surface area contributed by atoms with Gasteiger partial charge in [0.1, 0.15) is 17.7 Å². The Kier molecular flexibility index (Phi) is 3.22. The fourth-order valence-electron chi connectivity index (χ4n) is 1.44. The quantitative estimate of drug-likeness (QED) is 0.822. The fraction of sp³-hybridized carbons (Fsp3) is 0.250. The Labute approximate surface area is 93.7 Å². The highest BCUT2D eigenvalue weighted by Gasteiger charge is 2.05. The first-order valence-corrected chi connectivity index (χ1v) is 5.23. The summed E-state index contributed by atoms with van der Waals surface area (Å²) in [5.74, 6) is 0.948. The van der Waals surface area contributed by atoms with Crippen LogP contribution in [0.2, 0.25) is 0 Å². The van der Waals surface area contributed by atoms with Gasteiger partial charge < -0.3 is 15.3 Å². The minimum Gasteiger partial charge on any atom is -0.508 e. The van der Waals surface area contributed by atoms with Crippen molar-refractivity contribution >= 4 is 0 Å². The number of aromatic nitrogens is 1. The number of nitrogens with two attached hydrogens (primary N) is 1. The lowest BCUT2D eigenvalue weighted by molar-refractivity contribution is 0.475. The van der Waals surface area contributed by atoms with Gasteiger partial charge in [-0.3, -0.25) is 0 Å². The Bertz CT molecular complexity index is 448. The summed E-state index contributed by atoms with van der Waals surface area (Å²) in [4.78, 5) is 4.34. The Hall–Kier alpha value is -1.81. The maximum absolute atomic E-state index is 9.17. The van der Waals surface area contributed by atoms with Crippen LogP contribution in [0.5, 0.6) is 5.75 Å². The number of aryl methyl sites for hydroxylation is 1. The number of phenolic OH excluding ortho intramolecular Hbond substituents is 1. The number of nitrogens with zero attached hydrogens (tertiary/aromatic N) is 1. The van der Waals surface area contributed by atoms with Crippen molar-refractivity contribution in [1.29, 1.82) is 0 Å². The highest BCUT2D eigenvalue weighted by atomic mass is 16.3. The maximum Gasteiger partial charge on any atom is 0.194 e. The fourth-order valence-corrected chi connectivity index (χ4v) is 1.44. The van der Waals surface area contributed by atoms with E-state index >= 15 is 0 Å². The maximum atomic E-state index is 9.17. The lowest BCUT2D eigenvalue weighted by Gasteiger charge is -1.95. The molecule has 3 N–H and O–H groups in total. The van der Waals surface area contributed by atoms with Gasteiger partial charge in [-0.05, 0) is 37.2 Å². The summed E-state index contributed by atoms with van der Waals surface area (Å²) in [7, 11) is 0. The predicted octanol–water partition coefficient (Wildman–Crippen LogP) is 1.94. The summed E-state index contributed by atoms with van der Waals surface area (Å²) in [6.45, 7) is 0.636. The van der Waals surface area contributed by atoms with Crippen molar-refractivity contribution in [2.75, 3.05) is 6.54 Å². The molecule has 1 aromatic carbocycles. The number of aromatic hydroxyl groups is 1. The topological polar surface area (TPSA) is 72.3 Å². The van der Waals surface area contributed by atoms with Crippen molar-refractivity contribution in [2.24, 2.45) is 5.73 Å². The third kappa shape index (κ3) is 2.41. The molecule has 0 aliphatic carbocycles. The number of benzene rings is 1. The van der Waals surface area contributed by atoms with Crippen molar-refractivity contribution in [3.8, 4) is 17.0 Å². The molecule has 0 aliphatic heterocycles. The Balaban J connectivity index is 2.15. The normalized spacial score (nSPS) is 10.6. The first-order valence-electron chi connectivity index (χ1n) is 5.23. The minimum absolute atomic E-state index is 0.246. The van der Waals surface area contributed by atoms with Crippen LogP contribution < -0.4 is 5.73 Å². The molecule has 4 heteroatoms. The molecule has 1 heterocycles. The third-order valence-electron chi connectivity index (χ3n) is 2.31. The second-order valence-electron chi connectivity index (χ2n) is 3.57. The van der Waals surface area contributed by atoms with Crippen LogP contribution in [0.1, 0.15) is 12.3 Å².